The summed E-state index contributed by atoms with van der Waals surface area (Å²) in [4.78, 5) is 13.6. The summed E-state index contributed by atoms with van der Waals surface area (Å²) in [5, 5.41) is 3.21. The van der Waals surface area contributed by atoms with Crippen LogP contribution in [-0.4, -0.2) is 29.8 Å². The van der Waals surface area contributed by atoms with Gasteiger partial charge in [0, 0.05) is 0 Å². The van der Waals surface area contributed by atoms with Crippen LogP contribution in [0.4, 0.5) is 8.78 Å². The largest absolute Gasteiger partial charge is 0.316 e. The summed E-state index contributed by atoms with van der Waals surface area (Å²) in [5.74, 6) is 0.103. The Morgan fingerprint density at radius 2 is 2.05 bits per heavy atom. The molecular weight excluding hydrogens is 274 g/mol. The molecule has 2 unspecified atom stereocenters. The number of benzene rings is 1. The molecule has 3 nitrogen and oxygen atoms in total. The number of amides is 1. The first-order valence-electron chi connectivity index (χ1n) is 7.29. The fourth-order valence-electron chi connectivity index (χ4n) is 2.78. The lowest BCUT2D eigenvalue weighted by Gasteiger charge is -2.24. The molecule has 1 aliphatic heterocycles. The molecule has 21 heavy (non-hydrogen) atoms. The molecule has 1 aliphatic rings. The van der Waals surface area contributed by atoms with E-state index in [1.807, 2.05) is 45.0 Å². The number of nitrogens with one attached hydrogen (secondary N) is 1. The number of hydrogen-bond acceptors (Lipinski definition) is 2. The van der Waals surface area contributed by atoms with E-state index in [4.69, 9.17) is 0 Å². The molecule has 2 atom stereocenters. The third-order valence-electron chi connectivity index (χ3n) is 3.65. The number of alkyl halides is 2. The predicted octanol–water partition coefficient (Wildman–Crippen LogP) is 3.11. The van der Waals surface area contributed by atoms with E-state index in [9.17, 15) is 13.6 Å². The Morgan fingerprint density at radius 3 is 2.62 bits per heavy atom. The lowest BCUT2D eigenvalue weighted by molar-refractivity contribution is -0.132. The van der Waals surface area contributed by atoms with Crippen molar-refractivity contribution in [2.45, 2.75) is 45.8 Å². The first-order chi connectivity index (χ1) is 9.88. The highest BCUT2D eigenvalue weighted by atomic mass is 19.3. The number of carbonyl (C=O) groups is 1. The Morgan fingerprint density at radius 1 is 1.33 bits per heavy atom. The van der Waals surface area contributed by atoms with Gasteiger partial charge in [0.25, 0.3) is 6.43 Å². The normalized spacial score (nSPS) is 22.6. The van der Waals surface area contributed by atoms with Crippen LogP contribution in [0, 0.1) is 12.8 Å². The number of carbonyl (C=O) groups excluding carboxylic acids is 1. The number of aryl methyl sites for hydroxylation is 1. The first-order valence-corrected chi connectivity index (χ1v) is 7.29. The minimum absolute atomic E-state index is 0.226. The zero-order valence-electron chi connectivity index (χ0n) is 12.6. The van der Waals surface area contributed by atoms with E-state index >= 15 is 0 Å². The lowest BCUT2D eigenvalue weighted by Crippen LogP contribution is -2.35. The van der Waals surface area contributed by atoms with Crippen LogP contribution in [0.1, 0.15) is 37.6 Å². The second-order valence-electron chi connectivity index (χ2n) is 6.05. The average Bonchev–Trinajstić information content (AvgIpc) is 2.66. The fraction of sp³-hybridized carbons (Fsp3) is 0.562. The third kappa shape index (κ3) is 3.79. The van der Waals surface area contributed by atoms with E-state index in [-0.39, 0.29) is 11.9 Å². The monoisotopic (exact) mass is 296 g/mol. The standard InChI is InChI=1S/C16H22F2N2O/c1-10(2)7-13-16(21)20(9-14(17)18)15(19-13)12-6-4-5-11(3)8-12/h4-6,8,10,13-15,19H,7,9H2,1-3H3. The van der Waals surface area contributed by atoms with Gasteiger partial charge in [-0.3, -0.25) is 10.1 Å². The Bertz CT molecular complexity index is 505. The molecule has 1 saturated heterocycles. The molecule has 5 heteroatoms. The summed E-state index contributed by atoms with van der Waals surface area (Å²) < 4.78 is 25.6. The van der Waals surface area contributed by atoms with Crippen molar-refractivity contribution in [2.24, 2.45) is 5.92 Å². The van der Waals surface area contributed by atoms with Gasteiger partial charge >= 0.3 is 0 Å². The highest BCUT2D eigenvalue weighted by molar-refractivity contribution is 5.84. The predicted molar refractivity (Wildman–Crippen MR) is 78.0 cm³/mol. The molecule has 1 heterocycles. The topological polar surface area (TPSA) is 32.3 Å². The number of rotatable bonds is 5. The molecule has 0 saturated carbocycles. The molecule has 0 spiro atoms. The number of nitrogens with zero attached hydrogens (tertiary/aromatic N) is 1. The zero-order valence-corrected chi connectivity index (χ0v) is 12.6. The molecule has 116 valence electrons. The van der Waals surface area contributed by atoms with Crippen molar-refractivity contribution in [1.29, 1.82) is 0 Å². The second kappa shape index (κ2) is 6.52. The van der Waals surface area contributed by atoms with E-state index in [2.05, 4.69) is 5.32 Å². The molecule has 1 N–H and O–H groups in total. The van der Waals surface area contributed by atoms with Crippen molar-refractivity contribution in [2.75, 3.05) is 6.54 Å². The molecule has 1 aromatic carbocycles. The van der Waals surface area contributed by atoms with Crippen LogP contribution < -0.4 is 5.32 Å². The molecule has 0 aromatic heterocycles. The first kappa shape index (κ1) is 15.9. The van der Waals surface area contributed by atoms with Crippen molar-refractivity contribution in [3.05, 3.63) is 35.4 Å². The van der Waals surface area contributed by atoms with Crippen LogP contribution in [0.5, 0.6) is 0 Å². The molecule has 0 aliphatic carbocycles. The summed E-state index contributed by atoms with van der Waals surface area (Å²) in [6.45, 7) is 5.46. The van der Waals surface area contributed by atoms with Crippen molar-refractivity contribution < 1.29 is 13.6 Å². The van der Waals surface area contributed by atoms with E-state index in [1.165, 1.54) is 4.90 Å². The van der Waals surface area contributed by atoms with Crippen LogP contribution in [0.2, 0.25) is 0 Å². The van der Waals surface area contributed by atoms with Gasteiger partial charge in [-0.2, -0.15) is 0 Å². The molecule has 1 fully saturated rings. The minimum Gasteiger partial charge on any atom is -0.316 e. The average molecular weight is 296 g/mol. The lowest BCUT2D eigenvalue weighted by atomic mass is 10.0. The third-order valence-corrected chi connectivity index (χ3v) is 3.65. The van der Waals surface area contributed by atoms with Gasteiger partial charge in [0.05, 0.1) is 12.6 Å². The smallest absolute Gasteiger partial charge is 0.255 e. The van der Waals surface area contributed by atoms with Crippen LogP contribution in [0.3, 0.4) is 0 Å². The van der Waals surface area contributed by atoms with Gasteiger partial charge in [-0.15, -0.1) is 0 Å². The molecular formula is C16H22F2N2O. The Balaban J connectivity index is 2.26. The number of halogens is 2. The molecule has 1 aromatic rings. The van der Waals surface area contributed by atoms with Gasteiger partial charge in [-0.25, -0.2) is 8.78 Å². The van der Waals surface area contributed by atoms with Crippen molar-refractivity contribution in [1.82, 2.24) is 10.2 Å². The van der Waals surface area contributed by atoms with Gasteiger partial charge in [0.1, 0.15) is 6.17 Å². The summed E-state index contributed by atoms with van der Waals surface area (Å²) in [6, 6.07) is 7.25. The van der Waals surface area contributed by atoms with Crippen molar-refractivity contribution in [3.8, 4) is 0 Å². The maximum atomic E-state index is 12.8. The van der Waals surface area contributed by atoms with Gasteiger partial charge < -0.3 is 4.90 Å². The van der Waals surface area contributed by atoms with E-state index in [1.54, 1.807) is 0 Å². The molecule has 0 radical (unpaired) electrons. The van der Waals surface area contributed by atoms with Crippen LogP contribution in [0.15, 0.2) is 24.3 Å². The fourth-order valence-corrected chi connectivity index (χ4v) is 2.78. The maximum Gasteiger partial charge on any atom is 0.255 e. The van der Waals surface area contributed by atoms with Gasteiger partial charge in [0.2, 0.25) is 5.91 Å². The Hall–Kier alpha value is -1.49. The van der Waals surface area contributed by atoms with E-state index in [0.29, 0.717) is 12.3 Å². The summed E-state index contributed by atoms with van der Waals surface area (Å²) >= 11 is 0. The van der Waals surface area contributed by atoms with Crippen LogP contribution in [0.25, 0.3) is 0 Å². The van der Waals surface area contributed by atoms with Crippen molar-refractivity contribution in [3.63, 3.8) is 0 Å². The molecule has 0 bridgehead atoms. The SMILES string of the molecule is Cc1cccc(C2NC(CC(C)C)C(=O)N2CC(F)F)c1. The maximum absolute atomic E-state index is 12.8. The summed E-state index contributed by atoms with van der Waals surface area (Å²) in [5.41, 5.74) is 1.90. The zero-order chi connectivity index (χ0) is 15.6. The molecule has 1 amide bonds. The highest BCUT2D eigenvalue weighted by Gasteiger charge is 2.40. The Kier molecular flexibility index (Phi) is 4.93. The van der Waals surface area contributed by atoms with E-state index in [0.717, 1.165) is 11.1 Å². The minimum atomic E-state index is -2.53. The Labute approximate surface area is 124 Å². The molecule has 2 rings (SSSR count). The van der Waals surface area contributed by atoms with Gasteiger partial charge in [0.15, 0.2) is 0 Å². The number of hydrogen-bond donors (Lipinski definition) is 1. The summed E-state index contributed by atoms with van der Waals surface area (Å²) in [6.07, 6.45) is -2.34. The summed E-state index contributed by atoms with van der Waals surface area (Å²) in [7, 11) is 0. The van der Waals surface area contributed by atoms with E-state index < -0.39 is 19.1 Å². The van der Waals surface area contributed by atoms with Gasteiger partial charge in [-0.1, -0.05) is 43.7 Å². The van der Waals surface area contributed by atoms with Crippen molar-refractivity contribution >= 4 is 5.91 Å². The van der Waals surface area contributed by atoms with Crippen LogP contribution >= 0.6 is 0 Å². The van der Waals surface area contributed by atoms with Gasteiger partial charge in [-0.05, 0) is 24.8 Å². The second-order valence-corrected chi connectivity index (χ2v) is 6.05. The quantitative estimate of drug-likeness (QED) is 0.905. The highest BCUT2D eigenvalue weighted by Crippen LogP contribution is 2.28. The van der Waals surface area contributed by atoms with Crippen LogP contribution in [-0.2, 0) is 4.79 Å².